The van der Waals surface area contributed by atoms with Gasteiger partial charge in [-0.25, -0.2) is 4.98 Å². The number of aryl methyl sites for hydroxylation is 1. The third kappa shape index (κ3) is 1.31. The predicted molar refractivity (Wildman–Crippen MR) is 46.7 cm³/mol. The average molecular weight is 180 g/mol. The second-order valence-corrected chi connectivity index (χ2v) is 3.29. The molecule has 2 rings (SSSR count). The van der Waals surface area contributed by atoms with Gasteiger partial charge in [0.15, 0.2) is 0 Å². The van der Waals surface area contributed by atoms with Gasteiger partial charge in [0.25, 0.3) is 0 Å². The Morgan fingerprint density at radius 1 is 1.85 bits per heavy atom. The van der Waals surface area contributed by atoms with E-state index in [2.05, 4.69) is 10.3 Å². The van der Waals surface area contributed by atoms with Crippen molar-refractivity contribution in [2.75, 3.05) is 0 Å². The predicted octanol–water partition coefficient (Wildman–Crippen LogP) is -1.08. The summed E-state index contributed by atoms with van der Waals surface area (Å²) >= 11 is 0. The zero-order chi connectivity index (χ0) is 9.42. The fraction of sp³-hybridized carbons (Fsp3) is 0.500. The molecule has 0 radical (unpaired) electrons. The molecule has 1 aliphatic heterocycles. The van der Waals surface area contributed by atoms with Crippen LogP contribution in [0.1, 0.15) is 11.4 Å². The molecule has 0 bridgehead atoms. The third-order valence-corrected chi connectivity index (χ3v) is 2.40. The molecule has 1 aromatic heterocycles. The van der Waals surface area contributed by atoms with E-state index in [1.54, 1.807) is 6.33 Å². The number of primary amides is 1. The zero-order valence-corrected chi connectivity index (χ0v) is 7.45. The highest BCUT2D eigenvalue weighted by Gasteiger charge is 2.24. The van der Waals surface area contributed by atoms with Crippen molar-refractivity contribution in [3.63, 3.8) is 0 Å². The lowest BCUT2D eigenvalue weighted by Crippen LogP contribution is -2.45. The normalized spacial score (nSPS) is 21.2. The van der Waals surface area contributed by atoms with Crippen LogP contribution in [0.25, 0.3) is 0 Å². The SMILES string of the molecule is Cn1cnc2c1CC(C(N)=O)NC2. The fourth-order valence-electron chi connectivity index (χ4n) is 1.60. The van der Waals surface area contributed by atoms with E-state index in [-0.39, 0.29) is 11.9 Å². The van der Waals surface area contributed by atoms with Gasteiger partial charge in [0.05, 0.1) is 18.1 Å². The number of imidazole rings is 1. The van der Waals surface area contributed by atoms with E-state index in [9.17, 15) is 4.79 Å². The van der Waals surface area contributed by atoms with E-state index in [1.165, 1.54) is 0 Å². The first-order chi connectivity index (χ1) is 6.18. The van der Waals surface area contributed by atoms with Crippen molar-refractivity contribution < 1.29 is 4.79 Å². The first kappa shape index (κ1) is 8.25. The Bertz CT molecular complexity index is 344. The van der Waals surface area contributed by atoms with E-state index in [1.807, 2.05) is 11.6 Å². The molecule has 0 saturated carbocycles. The Hall–Kier alpha value is -1.36. The summed E-state index contributed by atoms with van der Waals surface area (Å²) in [4.78, 5) is 15.1. The van der Waals surface area contributed by atoms with Crippen molar-refractivity contribution in [1.29, 1.82) is 0 Å². The Morgan fingerprint density at radius 3 is 3.31 bits per heavy atom. The number of nitrogens with one attached hydrogen (secondary N) is 1. The fourth-order valence-corrected chi connectivity index (χ4v) is 1.60. The lowest BCUT2D eigenvalue weighted by molar-refractivity contribution is -0.120. The molecule has 0 saturated heterocycles. The van der Waals surface area contributed by atoms with Crippen molar-refractivity contribution in [3.8, 4) is 0 Å². The van der Waals surface area contributed by atoms with E-state index < -0.39 is 0 Å². The van der Waals surface area contributed by atoms with Gasteiger partial charge in [-0.2, -0.15) is 0 Å². The van der Waals surface area contributed by atoms with Crippen LogP contribution >= 0.6 is 0 Å². The molecule has 5 nitrogen and oxygen atoms in total. The van der Waals surface area contributed by atoms with Crippen molar-refractivity contribution >= 4 is 5.91 Å². The van der Waals surface area contributed by atoms with Crippen LogP contribution < -0.4 is 11.1 Å². The van der Waals surface area contributed by atoms with Crippen LogP contribution in [-0.4, -0.2) is 21.5 Å². The lowest BCUT2D eigenvalue weighted by atomic mass is 10.1. The number of rotatable bonds is 1. The molecule has 0 aliphatic carbocycles. The average Bonchev–Trinajstić information content (AvgIpc) is 2.47. The van der Waals surface area contributed by atoms with Crippen molar-refractivity contribution in [2.45, 2.75) is 19.0 Å². The summed E-state index contributed by atoms with van der Waals surface area (Å²) in [6.45, 7) is 0.629. The number of carbonyl (C=O) groups is 1. The topological polar surface area (TPSA) is 72.9 Å². The van der Waals surface area contributed by atoms with Gasteiger partial charge in [-0.1, -0.05) is 0 Å². The quantitative estimate of drug-likeness (QED) is 0.577. The number of hydrogen-bond acceptors (Lipinski definition) is 3. The van der Waals surface area contributed by atoms with E-state index in [0.717, 1.165) is 11.4 Å². The largest absolute Gasteiger partial charge is 0.368 e. The van der Waals surface area contributed by atoms with Gasteiger partial charge >= 0.3 is 0 Å². The van der Waals surface area contributed by atoms with Crippen LogP contribution in [0.3, 0.4) is 0 Å². The minimum atomic E-state index is -0.299. The molecule has 5 heteroatoms. The highest BCUT2D eigenvalue weighted by atomic mass is 16.1. The minimum Gasteiger partial charge on any atom is -0.368 e. The standard InChI is InChI=1S/C8H12N4O/c1-12-4-11-6-3-10-5(8(9)13)2-7(6)12/h4-5,10H,2-3H2,1H3,(H2,9,13). The van der Waals surface area contributed by atoms with E-state index in [0.29, 0.717) is 13.0 Å². The van der Waals surface area contributed by atoms with E-state index >= 15 is 0 Å². The number of nitrogens with two attached hydrogens (primary N) is 1. The molecule has 0 fully saturated rings. The number of amides is 1. The summed E-state index contributed by atoms with van der Waals surface area (Å²) in [7, 11) is 1.93. The summed E-state index contributed by atoms with van der Waals surface area (Å²) in [5.41, 5.74) is 7.33. The summed E-state index contributed by atoms with van der Waals surface area (Å²) in [6.07, 6.45) is 2.40. The molecular weight excluding hydrogens is 168 g/mol. The van der Waals surface area contributed by atoms with Gasteiger partial charge in [-0.05, 0) is 0 Å². The first-order valence-corrected chi connectivity index (χ1v) is 4.20. The van der Waals surface area contributed by atoms with Crippen LogP contribution in [0.2, 0.25) is 0 Å². The number of nitrogens with zero attached hydrogens (tertiary/aromatic N) is 2. The molecule has 13 heavy (non-hydrogen) atoms. The maximum atomic E-state index is 10.9. The molecule has 70 valence electrons. The minimum absolute atomic E-state index is 0.247. The molecule has 1 unspecified atom stereocenters. The monoisotopic (exact) mass is 180 g/mol. The van der Waals surface area contributed by atoms with Gasteiger partial charge in [0.1, 0.15) is 0 Å². The Labute approximate surface area is 75.9 Å². The third-order valence-electron chi connectivity index (χ3n) is 2.40. The van der Waals surface area contributed by atoms with Gasteiger partial charge in [-0.15, -0.1) is 0 Å². The van der Waals surface area contributed by atoms with Gasteiger partial charge in [0, 0.05) is 25.7 Å². The zero-order valence-electron chi connectivity index (χ0n) is 7.45. The van der Waals surface area contributed by atoms with Crippen molar-refractivity contribution in [2.24, 2.45) is 12.8 Å². The van der Waals surface area contributed by atoms with Crippen LogP contribution in [0.15, 0.2) is 6.33 Å². The van der Waals surface area contributed by atoms with E-state index in [4.69, 9.17) is 5.73 Å². The molecule has 1 atom stereocenters. The first-order valence-electron chi connectivity index (χ1n) is 4.20. The van der Waals surface area contributed by atoms with Crippen molar-refractivity contribution in [3.05, 3.63) is 17.7 Å². The smallest absolute Gasteiger partial charge is 0.234 e. The number of carbonyl (C=O) groups excluding carboxylic acids is 1. The molecule has 1 aliphatic rings. The number of aromatic nitrogens is 2. The van der Waals surface area contributed by atoms with Gasteiger partial charge < -0.3 is 10.3 Å². The highest BCUT2D eigenvalue weighted by Crippen LogP contribution is 2.13. The summed E-state index contributed by atoms with van der Waals surface area (Å²) in [5, 5.41) is 3.04. The summed E-state index contributed by atoms with van der Waals surface area (Å²) in [5.74, 6) is -0.299. The Morgan fingerprint density at radius 2 is 2.62 bits per heavy atom. The summed E-state index contributed by atoms with van der Waals surface area (Å²) < 4.78 is 1.94. The molecule has 0 spiro atoms. The Kier molecular flexibility index (Phi) is 1.81. The maximum Gasteiger partial charge on any atom is 0.234 e. The van der Waals surface area contributed by atoms with Crippen LogP contribution in [0.5, 0.6) is 0 Å². The summed E-state index contributed by atoms with van der Waals surface area (Å²) in [6, 6.07) is -0.247. The lowest BCUT2D eigenvalue weighted by Gasteiger charge is -2.21. The van der Waals surface area contributed by atoms with Crippen molar-refractivity contribution in [1.82, 2.24) is 14.9 Å². The van der Waals surface area contributed by atoms with Crippen LogP contribution in [0, 0.1) is 0 Å². The second-order valence-electron chi connectivity index (χ2n) is 3.29. The second kappa shape index (κ2) is 2.85. The molecule has 3 N–H and O–H groups in total. The molecule has 1 amide bonds. The van der Waals surface area contributed by atoms with Crippen LogP contribution in [0.4, 0.5) is 0 Å². The molecule has 0 aromatic carbocycles. The molecule has 1 aromatic rings. The van der Waals surface area contributed by atoms with Gasteiger partial charge in [0.2, 0.25) is 5.91 Å². The Balaban J connectivity index is 2.27. The number of fused-ring (bicyclic) bond motifs is 1. The number of hydrogen-bond donors (Lipinski definition) is 2. The molecule has 2 heterocycles. The van der Waals surface area contributed by atoms with Gasteiger partial charge in [-0.3, -0.25) is 10.1 Å². The highest BCUT2D eigenvalue weighted by molar-refractivity contribution is 5.80. The maximum absolute atomic E-state index is 10.9. The molecular formula is C8H12N4O. The van der Waals surface area contributed by atoms with Crippen LogP contribution in [-0.2, 0) is 24.8 Å².